The molecule has 1 aromatic heterocycles. The van der Waals surface area contributed by atoms with Crippen LogP contribution in [-0.2, 0) is 13.0 Å². The molecular weight excluding hydrogens is 336 g/mol. The maximum atomic E-state index is 13.0. The van der Waals surface area contributed by atoms with Gasteiger partial charge in [-0.1, -0.05) is 76.1 Å². The Morgan fingerprint density at radius 2 is 1.74 bits per heavy atom. The van der Waals surface area contributed by atoms with E-state index in [9.17, 15) is 9.59 Å². The lowest BCUT2D eigenvalue weighted by Gasteiger charge is -2.15. The molecule has 0 aliphatic carbocycles. The zero-order valence-electron chi connectivity index (χ0n) is 16.4. The molecule has 3 aromatic rings. The maximum absolute atomic E-state index is 13.0. The standard InChI is InChI=1S/C23H28N2O2/c1-4-5-8-13-25-22(26)21(16(2)3)20(24-23(25)27)15-17-11-12-18-9-6-7-10-19(18)14-17/h6-7,9-12,14,16H,4-5,8,13,15H2,1-3H3,(H,24,27). The van der Waals surface area contributed by atoms with Gasteiger partial charge in [-0.05, 0) is 28.7 Å². The molecule has 142 valence electrons. The summed E-state index contributed by atoms with van der Waals surface area (Å²) in [4.78, 5) is 28.5. The van der Waals surface area contributed by atoms with Gasteiger partial charge in [-0.3, -0.25) is 9.36 Å². The molecule has 0 radical (unpaired) electrons. The molecule has 0 aliphatic heterocycles. The van der Waals surface area contributed by atoms with Gasteiger partial charge in [-0.25, -0.2) is 4.79 Å². The normalized spacial score (nSPS) is 11.4. The summed E-state index contributed by atoms with van der Waals surface area (Å²) in [5.41, 5.74) is 2.12. The summed E-state index contributed by atoms with van der Waals surface area (Å²) in [6.45, 7) is 6.61. The highest BCUT2D eigenvalue weighted by Crippen LogP contribution is 2.20. The summed E-state index contributed by atoms with van der Waals surface area (Å²) in [6.07, 6.45) is 3.48. The van der Waals surface area contributed by atoms with E-state index in [1.165, 1.54) is 9.95 Å². The number of unbranched alkanes of at least 4 members (excludes halogenated alkanes) is 2. The number of hydrogen-bond donors (Lipinski definition) is 1. The van der Waals surface area contributed by atoms with Crippen molar-refractivity contribution in [3.63, 3.8) is 0 Å². The Bertz CT molecular complexity index is 1040. The average molecular weight is 364 g/mol. The van der Waals surface area contributed by atoms with Crippen LogP contribution in [0, 0.1) is 0 Å². The lowest BCUT2D eigenvalue weighted by atomic mass is 9.97. The lowest BCUT2D eigenvalue weighted by molar-refractivity contribution is 0.551. The Morgan fingerprint density at radius 1 is 1.00 bits per heavy atom. The monoisotopic (exact) mass is 364 g/mol. The molecule has 1 N–H and O–H groups in total. The number of nitrogens with one attached hydrogen (secondary N) is 1. The summed E-state index contributed by atoms with van der Waals surface area (Å²) in [5.74, 6) is 0.0576. The summed E-state index contributed by atoms with van der Waals surface area (Å²) in [6, 6.07) is 14.5. The van der Waals surface area contributed by atoms with Gasteiger partial charge in [0.15, 0.2) is 0 Å². The predicted octanol–water partition coefficient (Wildman–Crippen LogP) is 4.59. The van der Waals surface area contributed by atoms with Crippen LogP contribution in [0.1, 0.15) is 62.8 Å². The van der Waals surface area contributed by atoms with Crippen LogP contribution in [0.5, 0.6) is 0 Å². The first-order valence-corrected chi connectivity index (χ1v) is 9.84. The van der Waals surface area contributed by atoms with E-state index in [0.717, 1.165) is 41.5 Å². The first-order chi connectivity index (χ1) is 13.0. The summed E-state index contributed by atoms with van der Waals surface area (Å²) in [7, 11) is 0. The van der Waals surface area contributed by atoms with Gasteiger partial charge in [-0.2, -0.15) is 0 Å². The van der Waals surface area contributed by atoms with Crippen LogP contribution in [0.15, 0.2) is 52.1 Å². The SMILES string of the molecule is CCCCCn1c(=O)[nH]c(Cc2ccc3ccccc3c2)c(C(C)C)c1=O. The van der Waals surface area contributed by atoms with E-state index >= 15 is 0 Å². The molecule has 0 amide bonds. The number of nitrogens with zero attached hydrogens (tertiary/aromatic N) is 1. The molecule has 27 heavy (non-hydrogen) atoms. The second-order valence-corrected chi connectivity index (χ2v) is 7.50. The number of rotatable bonds is 7. The van der Waals surface area contributed by atoms with Crippen molar-refractivity contribution in [3.05, 3.63) is 80.1 Å². The van der Waals surface area contributed by atoms with Crippen LogP contribution in [-0.4, -0.2) is 9.55 Å². The Balaban J connectivity index is 2.00. The van der Waals surface area contributed by atoms with Gasteiger partial charge in [0, 0.05) is 24.2 Å². The van der Waals surface area contributed by atoms with Crippen LogP contribution in [0.3, 0.4) is 0 Å². The summed E-state index contributed by atoms with van der Waals surface area (Å²) < 4.78 is 1.37. The molecule has 0 spiro atoms. The quantitative estimate of drug-likeness (QED) is 0.623. The average Bonchev–Trinajstić information content (AvgIpc) is 2.64. The Hall–Kier alpha value is -2.62. The van der Waals surface area contributed by atoms with Gasteiger partial charge in [0.2, 0.25) is 0 Å². The summed E-state index contributed by atoms with van der Waals surface area (Å²) >= 11 is 0. The maximum Gasteiger partial charge on any atom is 0.328 e. The van der Waals surface area contributed by atoms with Gasteiger partial charge < -0.3 is 4.98 Å². The van der Waals surface area contributed by atoms with Gasteiger partial charge >= 0.3 is 5.69 Å². The first-order valence-electron chi connectivity index (χ1n) is 9.84. The van der Waals surface area contributed by atoms with E-state index in [1.54, 1.807) is 0 Å². The van der Waals surface area contributed by atoms with Gasteiger partial charge in [0.1, 0.15) is 0 Å². The highest BCUT2D eigenvalue weighted by atomic mass is 16.2. The third kappa shape index (κ3) is 4.21. The highest BCUT2D eigenvalue weighted by molar-refractivity contribution is 5.83. The second kappa shape index (κ2) is 8.38. The third-order valence-electron chi connectivity index (χ3n) is 5.06. The molecular formula is C23H28N2O2. The molecule has 4 nitrogen and oxygen atoms in total. The van der Waals surface area contributed by atoms with Crippen molar-refractivity contribution < 1.29 is 0 Å². The molecule has 0 aliphatic rings. The van der Waals surface area contributed by atoms with Crippen molar-refractivity contribution in [1.82, 2.24) is 9.55 Å². The van der Waals surface area contributed by atoms with E-state index in [2.05, 4.69) is 42.2 Å². The van der Waals surface area contributed by atoms with E-state index in [4.69, 9.17) is 0 Å². The Morgan fingerprint density at radius 3 is 2.44 bits per heavy atom. The van der Waals surface area contributed by atoms with Gasteiger partial charge in [0.05, 0.1) is 0 Å². The zero-order chi connectivity index (χ0) is 19.4. The van der Waals surface area contributed by atoms with E-state index in [1.807, 2.05) is 26.0 Å². The predicted molar refractivity (Wildman–Crippen MR) is 112 cm³/mol. The fourth-order valence-electron chi connectivity index (χ4n) is 3.64. The molecule has 0 unspecified atom stereocenters. The molecule has 0 saturated heterocycles. The number of hydrogen-bond acceptors (Lipinski definition) is 2. The van der Waals surface area contributed by atoms with Crippen molar-refractivity contribution in [2.45, 2.75) is 58.9 Å². The number of aromatic nitrogens is 2. The largest absolute Gasteiger partial charge is 0.328 e. The van der Waals surface area contributed by atoms with E-state index in [0.29, 0.717) is 13.0 Å². The third-order valence-corrected chi connectivity index (χ3v) is 5.06. The number of benzene rings is 2. The second-order valence-electron chi connectivity index (χ2n) is 7.50. The van der Waals surface area contributed by atoms with Crippen LogP contribution >= 0.6 is 0 Å². The van der Waals surface area contributed by atoms with Crippen molar-refractivity contribution in [3.8, 4) is 0 Å². The molecule has 0 atom stereocenters. The lowest BCUT2D eigenvalue weighted by Crippen LogP contribution is -2.39. The van der Waals surface area contributed by atoms with E-state index < -0.39 is 0 Å². The minimum Gasteiger partial charge on any atom is -0.310 e. The van der Waals surface area contributed by atoms with Gasteiger partial charge in [0.25, 0.3) is 5.56 Å². The van der Waals surface area contributed by atoms with Crippen LogP contribution < -0.4 is 11.2 Å². The molecule has 0 bridgehead atoms. The fraction of sp³-hybridized carbons (Fsp3) is 0.391. The van der Waals surface area contributed by atoms with Crippen LogP contribution in [0.4, 0.5) is 0 Å². The minimum atomic E-state index is -0.295. The molecule has 0 saturated carbocycles. The van der Waals surface area contributed by atoms with Crippen molar-refractivity contribution in [2.75, 3.05) is 0 Å². The number of aromatic amines is 1. The smallest absolute Gasteiger partial charge is 0.310 e. The van der Waals surface area contributed by atoms with Crippen molar-refractivity contribution in [1.29, 1.82) is 0 Å². The molecule has 2 aromatic carbocycles. The van der Waals surface area contributed by atoms with Crippen LogP contribution in [0.2, 0.25) is 0 Å². The topological polar surface area (TPSA) is 54.9 Å². The number of fused-ring (bicyclic) bond motifs is 1. The Kier molecular flexibility index (Phi) is 5.94. The van der Waals surface area contributed by atoms with Crippen molar-refractivity contribution >= 4 is 10.8 Å². The van der Waals surface area contributed by atoms with E-state index in [-0.39, 0.29) is 17.2 Å². The zero-order valence-corrected chi connectivity index (χ0v) is 16.4. The number of H-pyrrole nitrogens is 1. The molecule has 1 heterocycles. The Labute approximate surface area is 159 Å². The minimum absolute atomic E-state index is 0.0576. The van der Waals surface area contributed by atoms with Crippen molar-refractivity contribution in [2.24, 2.45) is 0 Å². The fourth-order valence-corrected chi connectivity index (χ4v) is 3.64. The first kappa shape index (κ1) is 19.2. The molecule has 3 rings (SSSR count). The molecule has 4 heteroatoms. The molecule has 0 fully saturated rings. The van der Waals surface area contributed by atoms with Crippen LogP contribution in [0.25, 0.3) is 10.8 Å². The van der Waals surface area contributed by atoms with Gasteiger partial charge in [-0.15, -0.1) is 0 Å². The highest BCUT2D eigenvalue weighted by Gasteiger charge is 2.17. The summed E-state index contributed by atoms with van der Waals surface area (Å²) in [5, 5.41) is 2.35.